The van der Waals surface area contributed by atoms with E-state index >= 15 is 0 Å². The summed E-state index contributed by atoms with van der Waals surface area (Å²) < 4.78 is 0. The lowest BCUT2D eigenvalue weighted by atomic mass is 9.96. The van der Waals surface area contributed by atoms with Gasteiger partial charge in [-0.1, -0.05) is 37.5 Å². The van der Waals surface area contributed by atoms with Crippen molar-refractivity contribution in [2.45, 2.75) is 53.4 Å². The predicted molar refractivity (Wildman–Crippen MR) is 63.9 cm³/mol. The van der Waals surface area contributed by atoms with Crippen LogP contribution in [0.3, 0.4) is 0 Å². The molecule has 0 N–H and O–H groups in total. The molecule has 0 spiro atoms. The molecule has 0 unspecified atom stereocenters. The van der Waals surface area contributed by atoms with Crippen molar-refractivity contribution < 1.29 is 0 Å². The summed E-state index contributed by atoms with van der Waals surface area (Å²) in [4.78, 5) is 0. The van der Waals surface area contributed by atoms with Crippen LogP contribution in [0.1, 0.15) is 48.4 Å². The zero-order valence-corrected chi connectivity index (χ0v) is 9.98. The van der Waals surface area contributed by atoms with E-state index in [1.807, 2.05) is 0 Å². The Morgan fingerprint density at radius 3 is 2.36 bits per heavy atom. The van der Waals surface area contributed by atoms with Crippen LogP contribution < -0.4 is 0 Å². The summed E-state index contributed by atoms with van der Waals surface area (Å²) in [7, 11) is 0. The molecular formula is C14H22. The second-order valence-corrected chi connectivity index (χ2v) is 4.32. The van der Waals surface area contributed by atoms with Crippen LogP contribution >= 0.6 is 0 Å². The lowest BCUT2D eigenvalue weighted by molar-refractivity contribution is 0.714. The summed E-state index contributed by atoms with van der Waals surface area (Å²) in [6, 6.07) is 4.62. The Bertz CT molecular complexity index is 297. The van der Waals surface area contributed by atoms with Gasteiger partial charge in [0.2, 0.25) is 0 Å². The minimum atomic E-state index is 1.25. The first-order valence-electron chi connectivity index (χ1n) is 5.72. The van der Waals surface area contributed by atoms with E-state index in [-0.39, 0.29) is 0 Å². The van der Waals surface area contributed by atoms with Gasteiger partial charge in [0.15, 0.2) is 0 Å². The van der Waals surface area contributed by atoms with Gasteiger partial charge in [0, 0.05) is 0 Å². The molecule has 0 saturated carbocycles. The minimum Gasteiger partial charge on any atom is -0.0654 e. The third-order valence-electron chi connectivity index (χ3n) is 2.97. The molecule has 0 amide bonds. The molecule has 1 aromatic rings. The summed E-state index contributed by atoms with van der Waals surface area (Å²) >= 11 is 0. The van der Waals surface area contributed by atoms with Crippen LogP contribution in [0, 0.1) is 20.8 Å². The first kappa shape index (κ1) is 11.3. The van der Waals surface area contributed by atoms with Gasteiger partial charge < -0.3 is 0 Å². The van der Waals surface area contributed by atoms with E-state index in [1.165, 1.54) is 42.4 Å². The van der Waals surface area contributed by atoms with Crippen LogP contribution in [0.25, 0.3) is 0 Å². The number of rotatable bonds is 4. The molecule has 0 aliphatic rings. The van der Waals surface area contributed by atoms with Crippen molar-refractivity contribution in [3.05, 3.63) is 34.4 Å². The topological polar surface area (TPSA) is 0 Å². The van der Waals surface area contributed by atoms with Crippen molar-refractivity contribution >= 4 is 0 Å². The van der Waals surface area contributed by atoms with Crippen LogP contribution in [-0.4, -0.2) is 0 Å². The highest BCUT2D eigenvalue weighted by Gasteiger charge is 2.01. The molecule has 1 rings (SSSR count). The molecule has 0 heteroatoms. The normalized spacial score (nSPS) is 10.6. The maximum Gasteiger partial charge on any atom is -0.0276 e. The number of hydrogen-bond donors (Lipinski definition) is 0. The van der Waals surface area contributed by atoms with E-state index in [2.05, 4.69) is 39.8 Å². The summed E-state index contributed by atoms with van der Waals surface area (Å²) in [5.74, 6) is 0. The van der Waals surface area contributed by atoms with E-state index in [1.54, 1.807) is 5.56 Å². The van der Waals surface area contributed by atoms with Gasteiger partial charge >= 0.3 is 0 Å². The molecule has 0 bridgehead atoms. The van der Waals surface area contributed by atoms with Gasteiger partial charge in [0.05, 0.1) is 0 Å². The maximum atomic E-state index is 2.35. The molecule has 0 heterocycles. The molecule has 0 aliphatic carbocycles. The first-order chi connectivity index (χ1) is 6.65. The lowest BCUT2D eigenvalue weighted by Crippen LogP contribution is -1.94. The molecule has 0 radical (unpaired) electrons. The Balaban J connectivity index is 2.75. The van der Waals surface area contributed by atoms with Crippen molar-refractivity contribution in [2.24, 2.45) is 0 Å². The molecular weight excluding hydrogens is 168 g/mol. The highest BCUT2D eigenvalue weighted by molar-refractivity contribution is 5.37. The van der Waals surface area contributed by atoms with Gasteiger partial charge in [-0.2, -0.15) is 0 Å². The smallest absolute Gasteiger partial charge is 0.0276 e. The van der Waals surface area contributed by atoms with Gasteiger partial charge in [-0.25, -0.2) is 0 Å². The van der Waals surface area contributed by atoms with E-state index in [0.717, 1.165) is 0 Å². The zero-order chi connectivity index (χ0) is 10.6. The standard InChI is InChI=1S/C14H22/c1-5-6-7-8-14-10-11(2)9-12(3)13(14)4/h9-10H,5-8H2,1-4H3. The van der Waals surface area contributed by atoms with Crippen LogP contribution in [-0.2, 0) is 6.42 Å². The largest absolute Gasteiger partial charge is 0.0654 e. The van der Waals surface area contributed by atoms with Crippen molar-refractivity contribution in [1.29, 1.82) is 0 Å². The summed E-state index contributed by atoms with van der Waals surface area (Å²) in [5, 5.41) is 0. The van der Waals surface area contributed by atoms with Gasteiger partial charge in [0.1, 0.15) is 0 Å². The molecule has 0 aliphatic heterocycles. The summed E-state index contributed by atoms with van der Waals surface area (Å²) in [5.41, 5.74) is 5.89. The monoisotopic (exact) mass is 190 g/mol. The summed E-state index contributed by atoms with van der Waals surface area (Å²) in [6.45, 7) is 8.91. The van der Waals surface area contributed by atoms with Gasteiger partial charge in [-0.15, -0.1) is 0 Å². The van der Waals surface area contributed by atoms with E-state index < -0.39 is 0 Å². The molecule has 0 aromatic heterocycles. The van der Waals surface area contributed by atoms with Crippen LogP contribution in [0.5, 0.6) is 0 Å². The number of unbranched alkanes of at least 4 members (excludes halogenated alkanes) is 2. The number of aryl methyl sites for hydroxylation is 3. The molecule has 14 heavy (non-hydrogen) atoms. The molecule has 0 nitrogen and oxygen atoms in total. The third-order valence-corrected chi connectivity index (χ3v) is 2.97. The number of benzene rings is 1. The SMILES string of the molecule is CCCCCc1cc(C)cc(C)c1C. The number of hydrogen-bond acceptors (Lipinski definition) is 0. The molecule has 0 fully saturated rings. The average molecular weight is 190 g/mol. The quantitative estimate of drug-likeness (QED) is 0.619. The first-order valence-corrected chi connectivity index (χ1v) is 5.72. The van der Waals surface area contributed by atoms with Crippen LogP contribution in [0.4, 0.5) is 0 Å². The second-order valence-electron chi connectivity index (χ2n) is 4.32. The third kappa shape index (κ3) is 2.87. The molecule has 78 valence electrons. The Morgan fingerprint density at radius 1 is 1.00 bits per heavy atom. The van der Waals surface area contributed by atoms with Crippen molar-refractivity contribution in [1.82, 2.24) is 0 Å². The Kier molecular flexibility index (Phi) is 4.19. The second kappa shape index (κ2) is 5.19. The van der Waals surface area contributed by atoms with E-state index in [0.29, 0.717) is 0 Å². The Morgan fingerprint density at radius 2 is 1.71 bits per heavy atom. The lowest BCUT2D eigenvalue weighted by Gasteiger charge is -2.10. The van der Waals surface area contributed by atoms with Gasteiger partial charge in [0.25, 0.3) is 0 Å². The van der Waals surface area contributed by atoms with E-state index in [4.69, 9.17) is 0 Å². The fraction of sp³-hybridized carbons (Fsp3) is 0.571. The Labute approximate surface area is 88.4 Å². The van der Waals surface area contributed by atoms with Crippen molar-refractivity contribution in [3.8, 4) is 0 Å². The molecule has 1 aromatic carbocycles. The highest BCUT2D eigenvalue weighted by atomic mass is 14.1. The van der Waals surface area contributed by atoms with Crippen LogP contribution in [0.2, 0.25) is 0 Å². The molecule has 0 saturated heterocycles. The fourth-order valence-electron chi connectivity index (χ4n) is 1.95. The fourth-order valence-corrected chi connectivity index (χ4v) is 1.95. The Hall–Kier alpha value is -0.780. The molecule has 0 atom stereocenters. The average Bonchev–Trinajstić information content (AvgIpc) is 2.13. The zero-order valence-electron chi connectivity index (χ0n) is 9.98. The predicted octanol–water partition coefficient (Wildman–Crippen LogP) is 4.34. The van der Waals surface area contributed by atoms with Crippen molar-refractivity contribution in [2.75, 3.05) is 0 Å². The highest BCUT2D eigenvalue weighted by Crippen LogP contribution is 2.18. The van der Waals surface area contributed by atoms with Crippen LogP contribution in [0.15, 0.2) is 12.1 Å². The van der Waals surface area contributed by atoms with Crippen molar-refractivity contribution in [3.63, 3.8) is 0 Å². The maximum absolute atomic E-state index is 2.35. The summed E-state index contributed by atoms with van der Waals surface area (Å²) in [6.07, 6.45) is 5.25. The van der Waals surface area contributed by atoms with Gasteiger partial charge in [-0.3, -0.25) is 0 Å². The van der Waals surface area contributed by atoms with E-state index in [9.17, 15) is 0 Å². The van der Waals surface area contributed by atoms with Gasteiger partial charge in [-0.05, 0) is 50.3 Å². The minimum absolute atomic E-state index is 1.25.